The summed E-state index contributed by atoms with van der Waals surface area (Å²) in [6, 6.07) is 19.7. The number of hydrogen-bond donors (Lipinski definition) is 4. The zero-order valence-corrected chi connectivity index (χ0v) is 23.6. The van der Waals surface area contributed by atoms with Crippen LogP contribution in [0.2, 0.25) is 0 Å². The smallest absolute Gasteiger partial charge is 0.219 e. The number of likely N-dealkylation sites (N-methyl/N-ethyl adjacent to an activating group) is 1. The molecule has 0 aliphatic carbocycles. The second-order valence-electron chi connectivity index (χ2n) is 10.1. The Morgan fingerprint density at radius 1 is 0.972 bits per heavy atom. The maximum atomic E-state index is 10.6. The average molecular weight is 502 g/mol. The highest BCUT2D eigenvalue weighted by atomic mass is 16.3. The molecule has 0 radical (unpaired) electrons. The van der Waals surface area contributed by atoms with Gasteiger partial charge in [0.05, 0.1) is 12.7 Å². The van der Waals surface area contributed by atoms with Crippen LogP contribution in [0.3, 0.4) is 0 Å². The van der Waals surface area contributed by atoms with Gasteiger partial charge in [0.15, 0.2) is 0 Å². The molecule has 0 heterocycles. The Balaban J connectivity index is 0.000000578. The van der Waals surface area contributed by atoms with E-state index in [0.29, 0.717) is 18.9 Å². The number of aliphatic hydroxyl groups is 2. The molecule has 0 aliphatic rings. The third-order valence-corrected chi connectivity index (χ3v) is 5.97. The van der Waals surface area contributed by atoms with Crippen molar-refractivity contribution >= 4 is 5.91 Å². The molecule has 0 spiro atoms. The third kappa shape index (κ3) is 14.3. The van der Waals surface area contributed by atoms with Crippen molar-refractivity contribution < 1.29 is 15.0 Å². The number of carbonyl (C=O) groups excluding carboxylic acids is 1. The minimum Gasteiger partial charge on any atom is -0.394 e. The molecule has 2 aromatic carbocycles. The Bertz CT molecular complexity index is 806. The molecule has 6 nitrogen and oxygen atoms in total. The lowest BCUT2D eigenvalue weighted by atomic mass is 9.78. The van der Waals surface area contributed by atoms with Crippen LogP contribution in [0, 0.1) is 0 Å². The Morgan fingerprint density at radius 3 is 1.94 bits per heavy atom. The van der Waals surface area contributed by atoms with E-state index in [2.05, 4.69) is 87.6 Å². The Labute approximate surface area is 219 Å². The van der Waals surface area contributed by atoms with Gasteiger partial charge in [0.1, 0.15) is 0 Å². The first-order valence-corrected chi connectivity index (χ1v) is 13.0. The van der Waals surface area contributed by atoms with Crippen molar-refractivity contribution in [3.8, 4) is 0 Å². The molecule has 1 atom stereocenters. The lowest BCUT2D eigenvalue weighted by Gasteiger charge is -2.26. The van der Waals surface area contributed by atoms with Crippen LogP contribution in [0.5, 0.6) is 0 Å². The van der Waals surface area contributed by atoms with E-state index in [9.17, 15) is 4.79 Å². The molecular formula is C30H51N3O3. The van der Waals surface area contributed by atoms with Crippen LogP contribution in [0.1, 0.15) is 76.0 Å². The molecule has 36 heavy (non-hydrogen) atoms. The maximum Gasteiger partial charge on any atom is 0.219 e. The van der Waals surface area contributed by atoms with E-state index in [4.69, 9.17) is 15.9 Å². The first-order chi connectivity index (χ1) is 17.0. The number of nitrogens with two attached hydrogens (primary N) is 1. The highest BCUT2D eigenvalue weighted by molar-refractivity contribution is 5.75. The highest BCUT2D eigenvalue weighted by Gasteiger charge is 2.22. The number of amides is 1. The molecule has 1 amide bonds. The number of nitrogens with zero attached hydrogens (tertiary/aromatic N) is 1. The van der Waals surface area contributed by atoms with Crippen LogP contribution < -0.4 is 11.1 Å². The molecule has 0 aromatic heterocycles. The molecule has 5 N–H and O–H groups in total. The normalized spacial score (nSPS) is 11.8. The van der Waals surface area contributed by atoms with Crippen LogP contribution in [0.25, 0.3) is 0 Å². The summed E-state index contributed by atoms with van der Waals surface area (Å²) in [5.41, 5.74) is 9.49. The predicted molar refractivity (Wildman–Crippen MR) is 152 cm³/mol. The largest absolute Gasteiger partial charge is 0.394 e. The van der Waals surface area contributed by atoms with E-state index in [1.54, 1.807) is 7.05 Å². The molecule has 2 rings (SSSR count). The van der Waals surface area contributed by atoms with Gasteiger partial charge in [-0.25, -0.2) is 0 Å². The number of hydrogen-bond acceptors (Lipinski definition) is 5. The van der Waals surface area contributed by atoms with E-state index in [1.165, 1.54) is 16.7 Å². The fraction of sp³-hybridized carbons (Fsp3) is 0.567. The second kappa shape index (κ2) is 18.9. The SMILES string of the molecule is CC(C)c1ccc(C(C)(C)c2ccccc2)cc1.CN(C)CC(O)CO.CNC(=O)CCCCCN. The van der Waals surface area contributed by atoms with Crippen molar-refractivity contribution in [2.24, 2.45) is 5.73 Å². The highest BCUT2D eigenvalue weighted by Crippen LogP contribution is 2.31. The van der Waals surface area contributed by atoms with Gasteiger partial charge in [-0.3, -0.25) is 4.79 Å². The van der Waals surface area contributed by atoms with Crippen molar-refractivity contribution in [1.82, 2.24) is 10.2 Å². The van der Waals surface area contributed by atoms with Gasteiger partial charge < -0.3 is 26.2 Å². The summed E-state index contributed by atoms with van der Waals surface area (Å²) in [5, 5.41) is 19.6. The van der Waals surface area contributed by atoms with Gasteiger partial charge in [-0.1, -0.05) is 88.7 Å². The molecular weight excluding hydrogens is 450 g/mol. The number of nitrogens with one attached hydrogen (secondary N) is 1. The first-order valence-electron chi connectivity index (χ1n) is 13.0. The van der Waals surface area contributed by atoms with Crippen LogP contribution >= 0.6 is 0 Å². The zero-order chi connectivity index (χ0) is 27.6. The predicted octanol–water partition coefficient (Wildman–Crippen LogP) is 4.29. The molecule has 6 heteroatoms. The minimum absolute atomic E-state index is 0.0662. The van der Waals surface area contributed by atoms with Gasteiger partial charge in [0.25, 0.3) is 0 Å². The van der Waals surface area contributed by atoms with Crippen molar-refractivity contribution in [1.29, 1.82) is 0 Å². The summed E-state index contributed by atoms with van der Waals surface area (Å²) in [7, 11) is 5.35. The number of benzene rings is 2. The van der Waals surface area contributed by atoms with E-state index in [1.807, 2.05) is 19.0 Å². The fourth-order valence-corrected chi connectivity index (χ4v) is 3.52. The van der Waals surface area contributed by atoms with Gasteiger partial charge in [0.2, 0.25) is 5.91 Å². The van der Waals surface area contributed by atoms with E-state index >= 15 is 0 Å². The number of rotatable bonds is 11. The van der Waals surface area contributed by atoms with Gasteiger partial charge in [-0.15, -0.1) is 0 Å². The van der Waals surface area contributed by atoms with Gasteiger partial charge >= 0.3 is 0 Å². The zero-order valence-electron chi connectivity index (χ0n) is 23.6. The molecule has 2 aromatic rings. The average Bonchev–Trinajstić information content (AvgIpc) is 2.87. The number of unbranched alkanes of at least 4 members (excludes halogenated alkanes) is 2. The maximum absolute atomic E-state index is 10.6. The van der Waals surface area contributed by atoms with Crippen LogP contribution in [0.15, 0.2) is 54.6 Å². The quantitative estimate of drug-likeness (QED) is 0.344. The number of carbonyl (C=O) groups is 1. The van der Waals surface area contributed by atoms with Crippen LogP contribution in [-0.4, -0.2) is 68.0 Å². The van der Waals surface area contributed by atoms with E-state index in [0.717, 1.165) is 25.8 Å². The summed E-state index contributed by atoms with van der Waals surface area (Å²) >= 11 is 0. The number of aliphatic hydroxyl groups excluding tert-OH is 2. The van der Waals surface area contributed by atoms with Gasteiger partial charge in [0, 0.05) is 25.4 Å². The Kier molecular flexibility index (Phi) is 17.8. The molecule has 0 aliphatic heterocycles. The molecule has 204 valence electrons. The summed E-state index contributed by atoms with van der Waals surface area (Å²) in [6.07, 6.45) is 3.08. The fourth-order valence-electron chi connectivity index (χ4n) is 3.52. The lowest BCUT2D eigenvalue weighted by Crippen LogP contribution is -2.28. The summed E-state index contributed by atoms with van der Waals surface area (Å²) in [6.45, 7) is 10.1. The Morgan fingerprint density at radius 2 is 1.53 bits per heavy atom. The van der Waals surface area contributed by atoms with Crippen molar-refractivity contribution in [2.75, 3.05) is 40.8 Å². The second-order valence-corrected chi connectivity index (χ2v) is 10.1. The first kappa shape index (κ1) is 33.8. The van der Waals surface area contributed by atoms with Crippen LogP contribution in [0.4, 0.5) is 0 Å². The molecule has 0 saturated carbocycles. The molecule has 0 fully saturated rings. The van der Waals surface area contributed by atoms with Crippen molar-refractivity contribution in [2.45, 2.75) is 70.8 Å². The van der Waals surface area contributed by atoms with Gasteiger partial charge in [-0.05, 0) is 56.1 Å². The monoisotopic (exact) mass is 501 g/mol. The van der Waals surface area contributed by atoms with Crippen molar-refractivity contribution in [3.05, 3.63) is 71.3 Å². The van der Waals surface area contributed by atoms with Crippen molar-refractivity contribution in [3.63, 3.8) is 0 Å². The van der Waals surface area contributed by atoms with Gasteiger partial charge in [-0.2, -0.15) is 0 Å². The molecule has 0 bridgehead atoms. The van der Waals surface area contributed by atoms with Crippen LogP contribution in [-0.2, 0) is 10.2 Å². The molecule has 0 saturated heterocycles. The topological polar surface area (TPSA) is 98.8 Å². The molecule has 1 unspecified atom stereocenters. The summed E-state index contributed by atoms with van der Waals surface area (Å²) < 4.78 is 0. The Hall–Kier alpha value is -2.25. The summed E-state index contributed by atoms with van der Waals surface area (Å²) in [4.78, 5) is 12.5. The summed E-state index contributed by atoms with van der Waals surface area (Å²) in [5.74, 6) is 0.718. The van der Waals surface area contributed by atoms with E-state index in [-0.39, 0.29) is 17.9 Å². The third-order valence-electron chi connectivity index (χ3n) is 5.97. The lowest BCUT2D eigenvalue weighted by molar-refractivity contribution is -0.120. The minimum atomic E-state index is -0.593. The standard InChI is InChI=1S/C18H22.C7H16N2O.C5H13NO2/c1-14(2)15-10-12-17(13-11-15)18(3,4)16-8-6-5-7-9-16;1-9-7(10)5-3-2-4-6-8;1-6(2)3-5(8)4-7/h5-14H,1-4H3;2-6,8H2,1H3,(H,9,10);5,7-8H,3-4H2,1-2H3. The van der Waals surface area contributed by atoms with E-state index < -0.39 is 6.10 Å².